The number of para-hydroxylation sites is 1. The number of aliphatic carboxylic acids is 1. The van der Waals surface area contributed by atoms with Gasteiger partial charge in [-0.3, -0.25) is 14.4 Å². The van der Waals surface area contributed by atoms with Crippen molar-refractivity contribution in [1.82, 2.24) is 5.32 Å². The van der Waals surface area contributed by atoms with E-state index in [9.17, 15) is 23.6 Å². The Bertz CT molecular complexity index is 1180. The van der Waals surface area contributed by atoms with Crippen LogP contribution in [-0.2, 0) is 19.1 Å². The zero-order valence-corrected chi connectivity index (χ0v) is 20.9. The Hall–Kier alpha value is -2.82. The molecule has 2 aromatic carbocycles. The van der Waals surface area contributed by atoms with E-state index in [0.717, 1.165) is 0 Å². The summed E-state index contributed by atoms with van der Waals surface area (Å²) in [6.45, 7) is 1.75. The standard InChI is InChI=1S/C23H21Cl2FN2O6S/c1-11(2)20(22(32)27-13(9-18(30)31)16(29)10-26)34-23(33)28-14-5-3-4-6-17(14)35-21-15(28)8-7-12(24)19(21)25/h3-8,11,13,20H,9-10H2,1-2H3,(H,27,32)(H,30,31)/t13?,20-/m0/s1. The highest BCUT2D eigenvalue weighted by molar-refractivity contribution is 7.99. The Morgan fingerprint density at radius 3 is 2.43 bits per heavy atom. The van der Waals surface area contributed by atoms with Gasteiger partial charge in [-0.2, -0.15) is 0 Å². The highest BCUT2D eigenvalue weighted by atomic mass is 35.5. The number of halogens is 3. The number of nitrogens with zero attached hydrogens (tertiary/aromatic N) is 1. The molecule has 2 amide bonds. The predicted octanol–water partition coefficient (Wildman–Crippen LogP) is 5.26. The molecule has 1 heterocycles. The van der Waals surface area contributed by atoms with Gasteiger partial charge >= 0.3 is 12.1 Å². The van der Waals surface area contributed by atoms with Crippen LogP contribution in [0, 0.1) is 5.92 Å². The molecule has 12 heteroatoms. The van der Waals surface area contributed by atoms with Gasteiger partial charge in [0.15, 0.2) is 11.9 Å². The predicted molar refractivity (Wildman–Crippen MR) is 129 cm³/mol. The van der Waals surface area contributed by atoms with E-state index in [1.54, 1.807) is 44.2 Å². The third kappa shape index (κ3) is 5.88. The van der Waals surface area contributed by atoms with Crippen LogP contribution in [0.5, 0.6) is 0 Å². The minimum absolute atomic E-state index is 0.251. The number of alkyl halides is 1. The second-order valence-corrected chi connectivity index (χ2v) is 9.76. The van der Waals surface area contributed by atoms with Crippen LogP contribution >= 0.6 is 35.0 Å². The first-order valence-corrected chi connectivity index (χ1v) is 12.0. The van der Waals surface area contributed by atoms with Crippen molar-refractivity contribution in [2.24, 2.45) is 5.92 Å². The molecular weight excluding hydrogens is 522 g/mol. The number of ether oxygens (including phenoxy) is 1. The molecule has 0 aromatic heterocycles. The third-order valence-electron chi connectivity index (χ3n) is 5.08. The van der Waals surface area contributed by atoms with Gasteiger partial charge in [-0.1, -0.05) is 60.9 Å². The zero-order valence-electron chi connectivity index (χ0n) is 18.6. The average molecular weight is 543 g/mol. The van der Waals surface area contributed by atoms with Crippen molar-refractivity contribution in [2.45, 2.75) is 42.2 Å². The van der Waals surface area contributed by atoms with E-state index >= 15 is 0 Å². The fraction of sp³-hybridized carbons (Fsp3) is 0.304. The molecule has 1 aliphatic rings. The van der Waals surface area contributed by atoms with Crippen molar-refractivity contribution in [2.75, 3.05) is 11.6 Å². The number of hydrogen-bond donors (Lipinski definition) is 2. The lowest BCUT2D eigenvalue weighted by molar-refractivity contribution is -0.141. The Morgan fingerprint density at radius 1 is 1.11 bits per heavy atom. The fourth-order valence-electron chi connectivity index (χ4n) is 3.38. The van der Waals surface area contributed by atoms with Crippen LogP contribution in [0.15, 0.2) is 46.2 Å². The van der Waals surface area contributed by atoms with Crippen LogP contribution in [0.25, 0.3) is 0 Å². The minimum atomic E-state index is -1.60. The monoisotopic (exact) mass is 542 g/mol. The second kappa shape index (κ2) is 11.3. The molecule has 0 fully saturated rings. The number of benzene rings is 2. The smallest absolute Gasteiger partial charge is 0.419 e. The van der Waals surface area contributed by atoms with Crippen molar-refractivity contribution in [3.05, 3.63) is 46.4 Å². The summed E-state index contributed by atoms with van der Waals surface area (Å²) in [6.07, 6.45) is -3.12. The quantitative estimate of drug-likeness (QED) is 0.467. The van der Waals surface area contributed by atoms with Gasteiger partial charge in [0.1, 0.15) is 12.7 Å². The normalized spacial score (nSPS) is 13.9. The van der Waals surface area contributed by atoms with Gasteiger partial charge in [0.2, 0.25) is 0 Å². The van der Waals surface area contributed by atoms with Gasteiger partial charge in [-0.25, -0.2) is 14.1 Å². The summed E-state index contributed by atoms with van der Waals surface area (Å²) in [5.41, 5.74) is 0.889. The molecule has 0 spiro atoms. The van der Waals surface area contributed by atoms with E-state index in [1.807, 2.05) is 0 Å². The SMILES string of the molecule is CC(C)[C@H](OC(=O)N1c2ccccc2Sc2c1ccc(Cl)c2Cl)C(=O)NC(CC(=O)O)C(=O)CF. The maximum Gasteiger partial charge on any atom is 0.419 e. The van der Waals surface area contributed by atoms with E-state index in [0.29, 0.717) is 26.2 Å². The highest BCUT2D eigenvalue weighted by Crippen LogP contribution is 2.52. The topological polar surface area (TPSA) is 113 Å². The molecule has 0 bridgehead atoms. The number of fused-ring (bicyclic) bond motifs is 2. The van der Waals surface area contributed by atoms with Gasteiger partial charge in [0.05, 0.1) is 32.7 Å². The Balaban J connectivity index is 1.92. The Labute approximate surface area is 214 Å². The van der Waals surface area contributed by atoms with E-state index in [4.69, 9.17) is 33.0 Å². The number of carbonyl (C=O) groups excluding carboxylic acids is 3. The maximum atomic E-state index is 13.4. The van der Waals surface area contributed by atoms with E-state index in [1.165, 1.54) is 22.7 Å². The van der Waals surface area contributed by atoms with Crippen LogP contribution < -0.4 is 10.2 Å². The highest BCUT2D eigenvalue weighted by Gasteiger charge is 2.36. The number of carboxylic acids is 1. The molecule has 186 valence electrons. The van der Waals surface area contributed by atoms with Crippen LogP contribution in [0.2, 0.25) is 10.0 Å². The maximum absolute atomic E-state index is 13.4. The molecule has 8 nitrogen and oxygen atoms in total. The summed E-state index contributed by atoms with van der Waals surface area (Å²) in [5.74, 6) is -3.98. The zero-order chi connectivity index (χ0) is 25.9. The number of hydrogen-bond acceptors (Lipinski definition) is 6. The fourth-order valence-corrected chi connectivity index (χ4v) is 4.96. The summed E-state index contributed by atoms with van der Waals surface area (Å²) in [4.78, 5) is 51.6. The van der Waals surface area contributed by atoms with E-state index < -0.39 is 54.9 Å². The lowest BCUT2D eigenvalue weighted by Gasteiger charge is -2.32. The molecule has 1 aliphatic heterocycles. The van der Waals surface area contributed by atoms with Gasteiger partial charge in [0.25, 0.3) is 5.91 Å². The van der Waals surface area contributed by atoms with Crippen LogP contribution in [0.1, 0.15) is 20.3 Å². The summed E-state index contributed by atoms with van der Waals surface area (Å²) in [5, 5.41) is 11.7. The molecule has 0 saturated heterocycles. The van der Waals surface area contributed by atoms with Crippen LogP contribution in [0.3, 0.4) is 0 Å². The number of carboxylic acid groups (broad SMARTS) is 1. The molecule has 3 rings (SSSR count). The Morgan fingerprint density at radius 2 is 1.80 bits per heavy atom. The molecule has 35 heavy (non-hydrogen) atoms. The van der Waals surface area contributed by atoms with Gasteiger partial charge in [-0.15, -0.1) is 0 Å². The van der Waals surface area contributed by atoms with E-state index in [-0.39, 0.29) is 5.02 Å². The lowest BCUT2D eigenvalue weighted by Crippen LogP contribution is -2.50. The number of ketones is 1. The van der Waals surface area contributed by atoms with Crippen molar-refractivity contribution in [1.29, 1.82) is 0 Å². The number of Topliss-reactive ketones (excluding diaryl/α,β-unsaturated/α-hetero) is 1. The summed E-state index contributed by atoms with van der Waals surface area (Å²) >= 11 is 13.9. The molecule has 2 aromatic rings. The van der Waals surface area contributed by atoms with Crippen molar-refractivity contribution >= 4 is 70.1 Å². The molecule has 2 atom stereocenters. The third-order valence-corrected chi connectivity index (χ3v) is 7.18. The molecule has 0 radical (unpaired) electrons. The molecule has 0 aliphatic carbocycles. The molecule has 1 unspecified atom stereocenters. The number of carbonyl (C=O) groups is 4. The molecule has 2 N–H and O–H groups in total. The van der Waals surface area contributed by atoms with Crippen molar-refractivity contribution < 1.29 is 33.4 Å². The first-order chi connectivity index (χ1) is 16.5. The van der Waals surface area contributed by atoms with Crippen LogP contribution in [-0.4, -0.2) is 47.7 Å². The number of rotatable bonds is 8. The minimum Gasteiger partial charge on any atom is -0.481 e. The first-order valence-electron chi connectivity index (χ1n) is 10.4. The van der Waals surface area contributed by atoms with Crippen LogP contribution in [0.4, 0.5) is 20.6 Å². The molecule has 0 saturated carbocycles. The van der Waals surface area contributed by atoms with E-state index in [2.05, 4.69) is 5.32 Å². The van der Waals surface area contributed by atoms with Crippen molar-refractivity contribution in [3.63, 3.8) is 0 Å². The number of anilines is 2. The average Bonchev–Trinajstić information content (AvgIpc) is 2.81. The summed E-state index contributed by atoms with van der Waals surface area (Å²) in [7, 11) is 0. The summed E-state index contributed by atoms with van der Waals surface area (Å²) < 4.78 is 18.4. The number of nitrogens with one attached hydrogen (secondary N) is 1. The second-order valence-electron chi connectivity index (χ2n) is 7.92. The first kappa shape index (κ1) is 26.8. The largest absolute Gasteiger partial charge is 0.481 e. The Kier molecular flexibility index (Phi) is 8.63. The van der Waals surface area contributed by atoms with Gasteiger partial charge in [0, 0.05) is 4.90 Å². The lowest BCUT2D eigenvalue weighted by atomic mass is 10.0. The molecular formula is C23H21Cl2FN2O6S. The van der Waals surface area contributed by atoms with Gasteiger partial charge < -0.3 is 15.2 Å². The number of amides is 2. The van der Waals surface area contributed by atoms with Gasteiger partial charge in [-0.05, 0) is 30.2 Å². The van der Waals surface area contributed by atoms with Crippen molar-refractivity contribution in [3.8, 4) is 0 Å². The summed E-state index contributed by atoms with van der Waals surface area (Å²) in [6, 6.07) is 8.53.